The molecule has 0 aromatic carbocycles. The van der Waals surface area contributed by atoms with Crippen LogP contribution in [-0.4, -0.2) is 66.6 Å². The van der Waals surface area contributed by atoms with E-state index < -0.39 is 6.29 Å². The zero-order valence-corrected chi connectivity index (χ0v) is 12.4. The fourth-order valence-corrected chi connectivity index (χ4v) is 3.54. The van der Waals surface area contributed by atoms with Crippen molar-refractivity contribution in [2.45, 2.75) is 37.9 Å². The van der Waals surface area contributed by atoms with E-state index in [0.717, 1.165) is 44.7 Å². The Kier molecular flexibility index (Phi) is 4.17. The predicted octanol–water partition coefficient (Wildman–Crippen LogP) is -1.24. The summed E-state index contributed by atoms with van der Waals surface area (Å²) in [6.45, 7) is 2.86. The Morgan fingerprint density at radius 1 is 1.43 bits per heavy atom. The van der Waals surface area contributed by atoms with E-state index in [1.54, 1.807) is 0 Å². The number of aliphatic imine (C=N–C) groups is 1. The summed E-state index contributed by atoms with van der Waals surface area (Å²) >= 11 is 0. The molecule has 3 aliphatic rings. The van der Waals surface area contributed by atoms with Gasteiger partial charge in [-0.2, -0.15) is 0 Å². The Morgan fingerprint density at radius 3 is 2.81 bits per heavy atom. The lowest BCUT2D eigenvalue weighted by molar-refractivity contribution is -0.0654. The highest BCUT2D eigenvalue weighted by atomic mass is 16.5. The third kappa shape index (κ3) is 3.06. The van der Waals surface area contributed by atoms with E-state index >= 15 is 0 Å². The lowest BCUT2D eigenvalue weighted by Crippen LogP contribution is -2.48. The number of hydrogen-bond donors (Lipinski definition) is 5. The van der Waals surface area contributed by atoms with Crippen molar-refractivity contribution in [2.24, 2.45) is 10.4 Å². The van der Waals surface area contributed by atoms with Gasteiger partial charge in [0, 0.05) is 25.8 Å². The minimum absolute atomic E-state index is 0.0528. The zero-order chi connectivity index (χ0) is 14.9. The number of allylic oxidation sites excluding steroid dienone is 1. The van der Waals surface area contributed by atoms with Crippen LogP contribution in [0.2, 0.25) is 0 Å². The normalized spacial score (nSPS) is 31.6. The van der Waals surface area contributed by atoms with Crippen LogP contribution in [0.15, 0.2) is 16.9 Å². The first-order valence-corrected chi connectivity index (χ1v) is 7.64. The molecule has 5 N–H and O–H groups in total. The molecule has 7 nitrogen and oxygen atoms in total. The van der Waals surface area contributed by atoms with Gasteiger partial charge in [-0.25, -0.2) is 0 Å². The Bertz CT molecular complexity index is 429. The highest BCUT2D eigenvalue weighted by Crippen LogP contribution is 2.40. The average Bonchev–Trinajstić information content (AvgIpc) is 2.92. The standard InChI is InChI=1S/C14H25N5O2/c1-15-13-16-5-2-11(18-13)19-6-3-14(4-7-19)8-10(12(20)21)17-9-14/h2,5,10,12-13,15,17-18,20-21H,3-4,6-9H2,1H3/t10-,13?/m0/s1. The molecule has 3 heterocycles. The van der Waals surface area contributed by atoms with Crippen molar-refractivity contribution in [3.05, 3.63) is 11.9 Å². The third-order valence-electron chi connectivity index (χ3n) is 4.94. The molecule has 2 atom stereocenters. The minimum Gasteiger partial charge on any atom is -0.367 e. The summed E-state index contributed by atoms with van der Waals surface area (Å²) in [7, 11) is 1.88. The van der Waals surface area contributed by atoms with Crippen molar-refractivity contribution >= 4 is 6.21 Å². The summed E-state index contributed by atoms with van der Waals surface area (Å²) in [5, 5.41) is 28.3. The molecule has 21 heavy (non-hydrogen) atoms. The van der Waals surface area contributed by atoms with Crippen molar-refractivity contribution in [3.63, 3.8) is 0 Å². The SMILES string of the molecule is CNC1N=CC=C(N2CCC3(CC2)CN[C@H](C(O)O)C3)N1. The molecule has 3 aliphatic heterocycles. The number of hydrogen-bond acceptors (Lipinski definition) is 7. The van der Waals surface area contributed by atoms with Crippen molar-refractivity contribution < 1.29 is 10.2 Å². The quantitative estimate of drug-likeness (QED) is 0.418. The zero-order valence-electron chi connectivity index (χ0n) is 12.4. The summed E-state index contributed by atoms with van der Waals surface area (Å²) in [5.41, 5.74) is 0.219. The molecule has 3 rings (SSSR count). The Balaban J connectivity index is 1.56. The topological polar surface area (TPSA) is 92.2 Å². The van der Waals surface area contributed by atoms with Crippen LogP contribution < -0.4 is 16.0 Å². The van der Waals surface area contributed by atoms with Crippen molar-refractivity contribution in [2.75, 3.05) is 26.7 Å². The number of likely N-dealkylation sites (tertiary alicyclic amines) is 1. The van der Waals surface area contributed by atoms with E-state index in [-0.39, 0.29) is 17.7 Å². The van der Waals surface area contributed by atoms with Gasteiger partial charge in [-0.05, 0) is 37.8 Å². The molecule has 0 bridgehead atoms. The summed E-state index contributed by atoms with van der Waals surface area (Å²) in [4.78, 5) is 6.63. The second-order valence-corrected chi connectivity index (χ2v) is 6.28. The smallest absolute Gasteiger partial charge is 0.174 e. The van der Waals surface area contributed by atoms with Crippen molar-refractivity contribution in [1.29, 1.82) is 0 Å². The van der Waals surface area contributed by atoms with Gasteiger partial charge in [-0.1, -0.05) is 0 Å². The molecule has 1 unspecified atom stereocenters. The molecule has 0 radical (unpaired) electrons. The van der Waals surface area contributed by atoms with Gasteiger partial charge in [0.1, 0.15) is 5.82 Å². The average molecular weight is 295 g/mol. The van der Waals surface area contributed by atoms with E-state index in [1.165, 1.54) is 0 Å². The largest absolute Gasteiger partial charge is 0.367 e. The van der Waals surface area contributed by atoms with Gasteiger partial charge < -0.3 is 25.7 Å². The van der Waals surface area contributed by atoms with E-state index in [4.69, 9.17) is 0 Å². The maximum atomic E-state index is 9.32. The molecule has 2 saturated heterocycles. The number of aliphatic hydroxyl groups is 2. The van der Waals surface area contributed by atoms with Crippen LogP contribution in [0, 0.1) is 5.41 Å². The molecular formula is C14H25N5O2. The van der Waals surface area contributed by atoms with Crippen LogP contribution in [0.1, 0.15) is 19.3 Å². The van der Waals surface area contributed by atoms with Gasteiger partial charge in [0.15, 0.2) is 12.6 Å². The minimum atomic E-state index is -1.25. The van der Waals surface area contributed by atoms with E-state index in [0.29, 0.717) is 0 Å². The van der Waals surface area contributed by atoms with Crippen LogP contribution in [0.4, 0.5) is 0 Å². The van der Waals surface area contributed by atoms with Crippen LogP contribution in [0.5, 0.6) is 0 Å². The molecule has 7 heteroatoms. The Hall–Kier alpha value is -1.15. The molecule has 0 saturated carbocycles. The van der Waals surface area contributed by atoms with E-state index in [2.05, 4.69) is 25.8 Å². The van der Waals surface area contributed by atoms with Gasteiger partial charge in [0.05, 0.1) is 6.04 Å². The molecule has 1 spiro atoms. The fraction of sp³-hybridized carbons (Fsp3) is 0.786. The summed E-state index contributed by atoms with van der Waals surface area (Å²) in [5.74, 6) is 1.11. The number of piperidine rings is 1. The Morgan fingerprint density at radius 2 is 2.19 bits per heavy atom. The third-order valence-corrected chi connectivity index (χ3v) is 4.94. The van der Waals surface area contributed by atoms with Crippen molar-refractivity contribution in [3.8, 4) is 0 Å². The maximum Gasteiger partial charge on any atom is 0.174 e. The highest BCUT2D eigenvalue weighted by molar-refractivity contribution is 5.73. The number of aliphatic hydroxyl groups excluding tert-OH is 1. The first-order chi connectivity index (χ1) is 10.1. The fourth-order valence-electron chi connectivity index (χ4n) is 3.54. The van der Waals surface area contributed by atoms with Crippen molar-refractivity contribution in [1.82, 2.24) is 20.9 Å². The van der Waals surface area contributed by atoms with Gasteiger partial charge in [-0.3, -0.25) is 10.3 Å². The molecule has 2 fully saturated rings. The lowest BCUT2D eigenvalue weighted by Gasteiger charge is -2.42. The molecular weight excluding hydrogens is 270 g/mol. The van der Waals surface area contributed by atoms with Gasteiger partial charge >= 0.3 is 0 Å². The maximum absolute atomic E-state index is 9.32. The first-order valence-electron chi connectivity index (χ1n) is 7.64. The highest BCUT2D eigenvalue weighted by Gasteiger charge is 2.43. The van der Waals surface area contributed by atoms with Crippen LogP contribution in [0.3, 0.4) is 0 Å². The first kappa shape index (κ1) is 14.8. The van der Waals surface area contributed by atoms with E-state index in [9.17, 15) is 10.2 Å². The number of nitrogens with one attached hydrogen (secondary N) is 3. The molecule has 0 amide bonds. The van der Waals surface area contributed by atoms with Gasteiger partial charge in [-0.15, -0.1) is 0 Å². The number of rotatable bonds is 3. The molecule has 0 aromatic rings. The number of nitrogens with zero attached hydrogens (tertiary/aromatic N) is 2. The molecule has 118 valence electrons. The monoisotopic (exact) mass is 295 g/mol. The second kappa shape index (κ2) is 5.92. The lowest BCUT2D eigenvalue weighted by atomic mass is 9.76. The summed E-state index contributed by atoms with van der Waals surface area (Å²) < 4.78 is 0. The predicted molar refractivity (Wildman–Crippen MR) is 80.4 cm³/mol. The van der Waals surface area contributed by atoms with Gasteiger partial charge in [0.25, 0.3) is 0 Å². The molecule has 0 aliphatic carbocycles. The van der Waals surface area contributed by atoms with Crippen LogP contribution in [0.25, 0.3) is 0 Å². The van der Waals surface area contributed by atoms with Crippen LogP contribution in [-0.2, 0) is 0 Å². The van der Waals surface area contributed by atoms with E-state index in [1.807, 2.05) is 19.3 Å². The van der Waals surface area contributed by atoms with Crippen LogP contribution >= 0.6 is 0 Å². The Labute approximate surface area is 125 Å². The van der Waals surface area contributed by atoms with Gasteiger partial charge in [0.2, 0.25) is 0 Å². The second-order valence-electron chi connectivity index (χ2n) is 6.28. The molecule has 0 aromatic heterocycles. The summed E-state index contributed by atoms with van der Waals surface area (Å²) in [6.07, 6.45) is 5.55. The summed E-state index contributed by atoms with van der Waals surface area (Å²) in [6, 6.07) is -0.177.